The molecule has 4 nitrogen and oxygen atoms in total. The molecule has 1 aromatic carbocycles. The van der Waals surface area contributed by atoms with Gasteiger partial charge in [0, 0.05) is 12.4 Å². The van der Waals surface area contributed by atoms with E-state index in [4.69, 9.17) is 11.0 Å². The second kappa shape index (κ2) is 3.14. The summed E-state index contributed by atoms with van der Waals surface area (Å²) in [7, 11) is 1.63. The first-order valence-corrected chi connectivity index (χ1v) is 4.44. The first-order valence-electron chi connectivity index (χ1n) is 4.44. The van der Waals surface area contributed by atoms with Crippen molar-refractivity contribution in [1.82, 2.24) is 4.57 Å². The molecule has 0 aliphatic rings. The molecule has 74 valence electrons. The van der Waals surface area contributed by atoms with Crippen LogP contribution in [0.1, 0.15) is 5.56 Å². The lowest BCUT2D eigenvalue weighted by Crippen LogP contribution is -2.21. The number of rotatable bonds is 0. The molecule has 0 unspecified atom stereocenters. The van der Waals surface area contributed by atoms with Gasteiger partial charge in [-0.05, 0) is 6.07 Å². The van der Waals surface area contributed by atoms with E-state index in [2.05, 4.69) is 0 Å². The molecule has 0 atom stereocenters. The third kappa shape index (κ3) is 1.17. The minimum absolute atomic E-state index is 0.0104. The predicted molar refractivity (Wildman–Crippen MR) is 58.3 cm³/mol. The molecule has 2 rings (SSSR count). The zero-order valence-corrected chi connectivity index (χ0v) is 8.19. The molecule has 2 aromatic rings. The third-order valence-electron chi connectivity index (χ3n) is 2.46. The maximum absolute atomic E-state index is 11.7. The number of hydrogen-bond acceptors (Lipinski definition) is 3. The molecule has 0 spiro atoms. The molecule has 0 aliphatic heterocycles. The van der Waals surface area contributed by atoms with Gasteiger partial charge in [0.2, 0.25) is 0 Å². The summed E-state index contributed by atoms with van der Waals surface area (Å²) in [6.45, 7) is 0. The monoisotopic (exact) mass is 199 g/mol. The van der Waals surface area contributed by atoms with Crippen LogP contribution >= 0.6 is 0 Å². The van der Waals surface area contributed by atoms with Crippen molar-refractivity contribution < 1.29 is 0 Å². The number of nitriles is 1. The van der Waals surface area contributed by atoms with Crippen molar-refractivity contribution in [3.8, 4) is 6.07 Å². The molecule has 0 bridgehead atoms. The van der Waals surface area contributed by atoms with Crippen molar-refractivity contribution in [3.05, 3.63) is 40.2 Å². The molecule has 0 aliphatic carbocycles. The third-order valence-corrected chi connectivity index (χ3v) is 2.46. The number of nitrogen functional groups attached to an aromatic ring is 1. The van der Waals surface area contributed by atoms with E-state index in [-0.39, 0.29) is 16.8 Å². The van der Waals surface area contributed by atoms with Gasteiger partial charge in [-0.25, -0.2) is 0 Å². The Morgan fingerprint density at radius 1 is 1.40 bits per heavy atom. The van der Waals surface area contributed by atoms with Crippen molar-refractivity contribution in [3.63, 3.8) is 0 Å². The minimum atomic E-state index is -0.353. The van der Waals surface area contributed by atoms with Gasteiger partial charge in [0.15, 0.2) is 0 Å². The number of hydrogen-bond donors (Lipinski definition) is 1. The molecular formula is C11H9N3O. The number of pyridine rings is 1. The van der Waals surface area contributed by atoms with Gasteiger partial charge >= 0.3 is 0 Å². The summed E-state index contributed by atoms with van der Waals surface area (Å²) in [5, 5.41) is 9.57. The smallest absolute Gasteiger partial charge is 0.270 e. The Morgan fingerprint density at radius 3 is 2.73 bits per heavy atom. The SMILES string of the molecule is Cn1c(=O)c(C#N)c(N)c2ccccc21. The van der Waals surface area contributed by atoms with Gasteiger partial charge in [-0.15, -0.1) is 0 Å². The van der Waals surface area contributed by atoms with Gasteiger partial charge in [-0.3, -0.25) is 4.79 Å². The van der Waals surface area contributed by atoms with E-state index in [0.29, 0.717) is 0 Å². The number of aryl methyl sites for hydroxylation is 1. The minimum Gasteiger partial charge on any atom is -0.397 e. The lowest BCUT2D eigenvalue weighted by Gasteiger charge is -2.08. The number of nitrogens with zero attached hydrogens (tertiary/aromatic N) is 2. The Morgan fingerprint density at radius 2 is 2.07 bits per heavy atom. The van der Waals surface area contributed by atoms with E-state index in [1.807, 2.05) is 18.2 Å². The molecule has 15 heavy (non-hydrogen) atoms. The average Bonchev–Trinajstić information content (AvgIpc) is 2.27. The van der Waals surface area contributed by atoms with Gasteiger partial charge in [0.05, 0.1) is 11.2 Å². The second-order valence-corrected chi connectivity index (χ2v) is 3.28. The standard InChI is InChI=1S/C11H9N3O/c1-14-9-5-3-2-4-7(9)10(13)8(6-12)11(14)15/h2-5H,13H2,1H3. The fourth-order valence-corrected chi connectivity index (χ4v) is 1.63. The number of benzene rings is 1. The first kappa shape index (κ1) is 9.28. The lowest BCUT2D eigenvalue weighted by atomic mass is 10.1. The van der Waals surface area contributed by atoms with Crippen LogP contribution in [0.2, 0.25) is 0 Å². The molecule has 0 amide bonds. The number of fused-ring (bicyclic) bond motifs is 1. The van der Waals surface area contributed by atoms with Crippen LogP contribution in [0.5, 0.6) is 0 Å². The molecule has 0 radical (unpaired) electrons. The Hall–Kier alpha value is -2.28. The second-order valence-electron chi connectivity index (χ2n) is 3.28. The van der Waals surface area contributed by atoms with Gasteiger partial charge in [0.25, 0.3) is 5.56 Å². The fourth-order valence-electron chi connectivity index (χ4n) is 1.63. The van der Waals surface area contributed by atoms with Crippen molar-refractivity contribution in [2.75, 3.05) is 5.73 Å². The van der Waals surface area contributed by atoms with E-state index in [0.717, 1.165) is 10.9 Å². The molecule has 0 saturated carbocycles. The first-order chi connectivity index (χ1) is 7.16. The van der Waals surface area contributed by atoms with E-state index < -0.39 is 0 Å². The molecule has 2 N–H and O–H groups in total. The highest BCUT2D eigenvalue weighted by Gasteiger charge is 2.11. The zero-order valence-electron chi connectivity index (χ0n) is 8.19. The van der Waals surface area contributed by atoms with E-state index in [1.54, 1.807) is 19.2 Å². The highest BCUT2D eigenvalue weighted by atomic mass is 16.1. The Kier molecular flexibility index (Phi) is 1.94. The molecule has 4 heteroatoms. The summed E-state index contributed by atoms with van der Waals surface area (Å²) in [4.78, 5) is 11.7. The predicted octanol–water partition coefficient (Wildman–Crippen LogP) is 0.992. The van der Waals surface area contributed by atoms with E-state index in [1.165, 1.54) is 4.57 Å². The summed E-state index contributed by atoms with van der Waals surface area (Å²) in [6, 6.07) is 9.08. The van der Waals surface area contributed by atoms with Crippen molar-refractivity contribution in [2.45, 2.75) is 0 Å². The normalized spacial score (nSPS) is 10.1. The van der Waals surface area contributed by atoms with E-state index >= 15 is 0 Å². The van der Waals surface area contributed by atoms with Crippen LogP contribution < -0.4 is 11.3 Å². The highest BCUT2D eigenvalue weighted by molar-refractivity contribution is 5.92. The fraction of sp³-hybridized carbons (Fsp3) is 0.0909. The zero-order chi connectivity index (χ0) is 11.0. The van der Waals surface area contributed by atoms with Crippen molar-refractivity contribution in [1.29, 1.82) is 5.26 Å². The molecule has 0 saturated heterocycles. The number of anilines is 1. The highest BCUT2D eigenvalue weighted by Crippen LogP contribution is 2.20. The van der Waals surface area contributed by atoms with Gasteiger partial charge in [0.1, 0.15) is 11.6 Å². The van der Waals surface area contributed by atoms with E-state index in [9.17, 15) is 4.79 Å². The van der Waals surface area contributed by atoms with Gasteiger partial charge < -0.3 is 10.3 Å². The maximum atomic E-state index is 11.7. The molecule has 1 heterocycles. The van der Waals surface area contributed by atoms with Gasteiger partial charge in [-0.2, -0.15) is 5.26 Å². The lowest BCUT2D eigenvalue weighted by molar-refractivity contribution is 0.902. The largest absolute Gasteiger partial charge is 0.397 e. The number of para-hydroxylation sites is 1. The molecule has 1 aromatic heterocycles. The van der Waals surface area contributed by atoms with Crippen LogP contribution in [0.15, 0.2) is 29.1 Å². The Labute approximate surface area is 86.2 Å². The van der Waals surface area contributed by atoms with Crippen molar-refractivity contribution >= 4 is 16.6 Å². The van der Waals surface area contributed by atoms with Crippen LogP contribution in [-0.4, -0.2) is 4.57 Å². The van der Waals surface area contributed by atoms with Crippen LogP contribution in [-0.2, 0) is 7.05 Å². The molecule has 0 fully saturated rings. The maximum Gasteiger partial charge on any atom is 0.270 e. The van der Waals surface area contributed by atoms with Crippen LogP contribution in [0, 0.1) is 11.3 Å². The Bertz CT molecular complexity index is 635. The summed E-state index contributed by atoms with van der Waals surface area (Å²) in [5.74, 6) is 0. The number of nitrogens with two attached hydrogens (primary N) is 1. The quantitative estimate of drug-likeness (QED) is 0.687. The Balaban J connectivity index is 3.12. The van der Waals surface area contributed by atoms with Gasteiger partial charge in [-0.1, -0.05) is 18.2 Å². The van der Waals surface area contributed by atoms with Crippen molar-refractivity contribution in [2.24, 2.45) is 7.05 Å². The summed E-state index contributed by atoms with van der Waals surface area (Å²) in [5.41, 5.74) is 6.42. The van der Waals surface area contributed by atoms with Crippen LogP contribution in [0.3, 0.4) is 0 Å². The van der Waals surface area contributed by atoms with Crippen LogP contribution in [0.4, 0.5) is 5.69 Å². The topological polar surface area (TPSA) is 71.8 Å². The van der Waals surface area contributed by atoms with Crippen LogP contribution in [0.25, 0.3) is 10.9 Å². The summed E-state index contributed by atoms with van der Waals surface area (Å²) >= 11 is 0. The molecular weight excluding hydrogens is 190 g/mol. The number of aromatic nitrogens is 1. The summed E-state index contributed by atoms with van der Waals surface area (Å²) < 4.78 is 1.43. The summed E-state index contributed by atoms with van der Waals surface area (Å²) in [6.07, 6.45) is 0. The average molecular weight is 199 g/mol.